The number of hydrogen-bond donors (Lipinski definition) is 0. The van der Waals surface area contributed by atoms with E-state index in [0.717, 1.165) is 15.8 Å². The Labute approximate surface area is 143 Å². The third-order valence-corrected chi connectivity index (χ3v) is 7.43. The lowest BCUT2D eigenvalue weighted by Gasteiger charge is -2.23. The van der Waals surface area contributed by atoms with Gasteiger partial charge in [-0.25, -0.2) is 8.42 Å². The summed E-state index contributed by atoms with van der Waals surface area (Å²) in [5.41, 5.74) is 2.21. The molecule has 0 aliphatic carbocycles. The lowest BCUT2D eigenvalue weighted by molar-refractivity contribution is 0.434. The van der Waals surface area contributed by atoms with Crippen LogP contribution in [-0.2, 0) is 10.0 Å². The molecule has 3 rings (SSSR count). The maximum absolute atomic E-state index is 12.9. The first kappa shape index (κ1) is 16.1. The number of aryl methyl sites for hydroxylation is 1. The fourth-order valence-electron chi connectivity index (χ4n) is 2.44. The van der Waals surface area contributed by atoms with E-state index in [2.05, 4.69) is 15.9 Å². The molecule has 1 unspecified atom stereocenters. The molecule has 116 valence electrons. The second kappa shape index (κ2) is 6.35. The Morgan fingerprint density at radius 2 is 1.73 bits per heavy atom. The lowest BCUT2D eigenvalue weighted by Crippen LogP contribution is -2.30. The van der Waals surface area contributed by atoms with Crippen LogP contribution in [0.15, 0.2) is 57.9 Å². The SMILES string of the molecule is Cc1ccc(C2SCCN2S(=O)(=O)c2ccc(Br)cc2)cc1. The quantitative estimate of drug-likeness (QED) is 0.778. The summed E-state index contributed by atoms with van der Waals surface area (Å²) in [5.74, 6) is 0.814. The van der Waals surface area contributed by atoms with E-state index in [1.54, 1.807) is 40.3 Å². The molecule has 0 spiro atoms. The van der Waals surface area contributed by atoms with Crippen molar-refractivity contribution >= 4 is 37.7 Å². The Morgan fingerprint density at radius 1 is 1.09 bits per heavy atom. The molecule has 0 N–H and O–H groups in total. The van der Waals surface area contributed by atoms with Crippen molar-refractivity contribution in [1.29, 1.82) is 0 Å². The van der Waals surface area contributed by atoms with E-state index in [-0.39, 0.29) is 5.37 Å². The highest BCUT2D eigenvalue weighted by Crippen LogP contribution is 2.41. The summed E-state index contributed by atoms with van der Waals surface area (Å²) in [7, 11) is -3.47. The number of hydrogen-bond acceptors (Lipinski definition) is 3. The molecule has 2 aromatic carbocycles. The predicted molar refractivity (Wildman–Crippen MR) is 94.4 cm³/mol. The Hall–Kier alpha value is -0.820. The summed E-state index contributed by atoms with van der Waals surface area (Å²) in [6, 6.07) is 14.9. The summed E-state index contributed by atoms with van der Waals surface area (Å²) < 4.78 is 28.3. The van der Waals surface area contributed by atoms with Crippen molar-refractivity contribution in [3.8, 4) is 0 Å². The van der Waals surface area contributed by atoms with Crippen LogP contribution < -0.4 is 0 Å². The van der Waals surface area contributed by atoms with Gasteiger partial charge in [-0.1, -0.05) is 45.8 Å². The van der Waals surface area contributed by atoms with E-state index < -0.39 is 10.0 Å². The van der Waals surface area contributed by atoms with Crippen LogP contribution in [0.4, 0.5) is 0 Å². The monoisotopic (exact) mass is 397 g/mol. The normalized spacial score (nSPS) is 19.5. The average Bonchev–Trinajstić information content (AvgIpc) is 2.99. The standard InChI is InChI=1S/C16H16BrNO2S2/c1-12-2-4-13(5-3-12)16-18(10-11-21-16)22(19,20)15-8-6-14(17)7-9-15/h2-9,16H,10-11H2,1H3. The molecule has 6 heteroatoms. The Balaban J connectivity index is 1.95. The topological polar surface area (TPSA) is 37.4 Å². The first-order valence-electron chi connectivity index (χ1n) is 6.94. The van der Waals surface area contributed by atoms with Gasteiger partial charge in [0.05, 0.1) is 10.3 Å². The number of sulfonamides is 1. The van der Waals surface area contributed by atoms with Crippen LogP contribution in [0.3, 0.4) is 0 Å². The highest BCUT2D eigenvalue weighted by Gasteiger charge is 2.36. The van der Waals surface area contributed by atoms with Gasteiger partial charge < -0.3 is 0 Å². The molecule has 1 aliphatic rings. The first-order valence-corrected chi connectivity index (χ1v) is 10.2. The van der Waals surface area contributed by atoms with E-state index >= 15 is 0 Å². The van der Waals surface area contributed by atoms with Crippen LogP contribution in [0, 0.1) is 6.92 Å². The molecule has 1 heterocycles. The third-order valence-electron chi connectivity index (χ3n) is 3.63. The van der Waals surface area contributed by atoms with Gasteiger partial charge in [-0.05, 0) is 36.8 Å². The van der Waals surface area contributed by atoms with Crippen molar-refractivity contribution in [1.82, 2.24) is 4.31 Å². The van der Waals surface area contributed by atoms with Crippen molar-refractivity contribution < 1.29 is 8.42 Å². The summed E-state index contributed by atoms with van der Waals surface area (Å²) in [6.07, 6.45) is 0. The van der Waals surface area contributed by atoms with E-state index in [1.165, 1.54) is 5.56 Å². The fourth-order valence-corrected chi connectivity index (χ4v) is 5.94. The summed E-state index contributed by atoms with van der Waals surface area (Å²) in [5, 5.41) is -0.144. The van der Waals surface area contributed by atoms with Crippen LogP contribution in [0.1, 0.15) is 16.5 Å². The minimum atomic E-state index is -3.47. The van der Waals surface area contributed by atoms with Gasteiger partial charge in [-0.2, -0.15) is 4.31 Å². The van der Waals surface area contributed by atoms with Gasteiger partial charge in [-0.3, -0.25) is 0 Å². The molecule has 0 amide bonds. The van der Waals surface area contributed by atoms with Gasteiger partial charge in [0.15, 0.2) is 0 Å². The van der Waals surface area contributed by atoms with Gasteiger partial charge in [0, 0.05) is 16.8 Å². The zero-order valence-corrected chi connectivity index (χ0v) is 15.3. The molecule has 0 saturated carbocycles. The molecule has 1 fully saturated rings. The number of nitrogens with zero attached hydrogens (tertiary/aromatic N) is 1. The second-order valence-electron chi connectivity index (χ2n) is 5.20. The van der Waals surface area contributed by atoms with Gasteiger partial charge in [0.25, 0.3) is 0 Å². The molecule has 3 nitrogen and oxygen atoms in total. The average molecular weight is 398 g/mol. The molecule has 0 bridgehead atoms. The Morgan fingerprint density at radius 3 is 2.36 bits per heavy atom. The van der Waals surface area contributed by atoms with Crippen LogP contribution in [0.5, 0.6) is 0 Å². The maximum atomic E-state index is 12.9. The minimum Gasteiger partial charge on any atom is -0.207 e. The number of halogens is 1. The van der Waals surface area contributed by atoms with Gasteiger partial charge in [0.1, 0.15) is 0 Å². The van der Waals surface area contributed by atoms with Gasteiger partial charge in [0.2, 0.25) is 10.0 Å². The smallest absolute Gasteiger partial charge is 0.207 e. The Kier molecular flexibility index (Phi) is 4.64. The van der Waals surface area contributed by atoms with E-state index in [4.69, 9.17) is 0 Å². The summed E-state index contributed by atoms with van der Waals surface area (Å²) in [6.45, 7) is 2.57. The minimum absolute atomic E-state index is 0.144. The molecule has 1 atom stereocenters. The molecule has 1 aliphatic heterocycles. The molecule has 1 saturated heterocycles. The first-order chi connectivity index (χ1) is 10.5. The van der Waals surface area contributed by atoms with Crippen LogP contribution in [-0.4, -0.2) is 25.0 Å². The van der Waals surface area contributed by atoms with Crippen molar-refractivity contribution in [2.75, 3.05) is 12.3 Å². The largest absolute Gasteiger partial charge is 0.244 e. The van der Waals surface area contributed by atoms with E-state index in [1.807, 2.05) is 31.2 Å². The zero-order valence-electron chi connectivity index (χ0n) is 12.1. The number of benzene rings is 2. The zero-order chi connectivity index (χ0) is 15.7. The second-order valence-corrected chi connectivity index (χ2v) is 9.20. The van der Waals surface area contributed by atoms with Crippen LogP contribution in [0.25, 0.3) is 0 Å². The van der Waals surface area contributed by atoms with Crippen molar-refractivity contribution in [2.24, 2.45) is 0 Å². The molecule has 2 aromatic rings. The Bertz CT molecular complexity index is 758. The third kappa shape index (κ3) is 3.11. The summed E-state index contributed by atoms with van der Waals surface area (Å²) >= 11 is 5.01. The van der Waals surface area contributed by atoms with Crippen LogP contribution in [0.2, 0.25) is 0 Å². The highest BCUT2D eigenvalue weighted by molar-refractivity contribution is 9.10. The van der Waals surface area contributed by atoms with Crippen molar-refractivity contribution in [2.45, 2.75) is 17.2 Å². The molecule has 0 aromatic heterocycles. The summed E-state index contributed by atoms with van der Waals surface area (Å²) in [4.78, 5) is 0.343. The van der Waals surface area contributed by atoms with Gasteiger partial charge >= 0.3 is 0 Å². The van der Waals surface area contributed by atoms with Gasteiger partial charge in [-0.15, -0.1) is 11.8 Å². The van der Waals surface area contributed by atoms with Crippen molar-refractivity contribution in [3.63, 3.8) is 0 Å². The number of thioether (sulfide) groups is 1. The molecular formula is C16H16BrNO2S2. The van der Waals surface area contributed by atoms with E-state index in [0.29, 0.717) is 11.4 Å². The number of rotatable bonds is 3. The molecular weight excluding hydrogens is 382 g/mol. The van der Waals surface area contributed by atoms with E-state index in [9.17, 15) is 8.42 Å². The van der Waals surface area contributed by atoms with Crippen LogP contribution >= 0.6 is 27.7 Å². The molecule has 22 heavy (non-hydrogen) atoms. The maximum Gasteiger partial charge on any atom is 0.244 e. The molecule has 0 radical (unpaired) electrons. The lowest BCUT2D eigenvalue weighted by atomic mass is 10.1. The predicted octanol–water partition coefficient (Wildman–Crippen LogP) is 4.19. The fraction of sp³-hybridized carbons (Fsp3) is 0.250. The highest BCUT2D eigenvalue weighted by atomic mass is 79.9. The van der Waals surface area contributed by atoms with Crippen molar-refractivity contribution in [3.05, 3.63) is 64.1 Å².